The summed E-state index contributed by atoms with van der Waals surface area (Å²) in [6, 6.07) is 0. The Morgan fingerprint density at radius 1 is 1.59 bits per heavy atom. The van der Waals surface area contributed by atoms with Crippen molar-refractivity contribution in [2.45, 2.75) is 24.9 Å². The number of hydrogen-bond acceptors (Lipinski definition) is 5. The highest BCUT2D eigenvalue weighted by Crippen LogP contribution is 2.33. The van der Waals surface area contributed by atoms with Crippen molar-refractivity contribution in [1.82, 2.24) is 4.90 Å². The Labute approximate surface area is 99.7 Å². The summed E-state index contributed by atoms with van der Waals surface area (Å²) in [6.07, 6.45) is 0.826. The molecule has 2 aliphatic heterocycles. The molecule has 2 heterocycles. The van der Waals surface area contributed by atoms with Crippen molar-refractivity contribution < 1.29 is 24.1 Å². The summed E-state index contributed by atoms with van der Waals surface area (Å²) < 4.78 is 15.8. The number of nitrogens with zero attached hydrogens (tertiary/aromatic N) is 1. The largest absolute Gasteiger partial charge is 0.445 e. The number of aliphatic hydroxyl groups excluding tert-OH is 1. The van der Waals surface area contributed by atoms with Crippen molar-refractivity contribution in [3.8, 4) is 0 Å². The van der Waals surface area contributed by atoms with E-state index in [4.69, 9.17) is 14.2 Å². The van der Waals surface area contributed by atoms with Gasteiger partial charge >= 0.3 is 6.09 Å². The molecular formula is C11H17NO5. The van der Waals surface area contributed by atoms with Crippen LogP contribution in [-0.2, 0) is 14.2 Å². The average Bonchev–Trinajstić information content (AvgIpc) is 2.74. The van der Waals surface area contributed by atoms with E-state index in [1.54, 1.807) is 0 Å². The van der Waals surface area contributed by atoms with Crippen molar-refractivity contribution in [3.63, 3.8) is 0 Å². The van der Waals surface area contributed by atoms with Crippen LogP contribution in [0.2, 0.25) is 0 Å². The molecule has 1 atom stereocenters. The van der Waals surface area contributed by atoms with Gasteiger partial charge in [-0.2, -0.15) is 0 Å². The average molecular weight is 243 g/mol. The smallest absolute Gasteiger partial charge is 0.412 e. The SMILES string of the molecule is C=CCOC(=O)N1CCC2(CC1O)OCCO2. The van der Waals surface area contributed by atoms with Crippen molar-refractivity contribution in [1.29, 1.82) is 0 Å². The number of likely N-dealkylation sites (tertiary alicyclic amines) is 1. The summed E-state index contributed by atoms with van der Waals surface area (Å²) in [6.45, 7) is 5.02. The van der Waals surface area contributed by atoms with Crippen LogP contribution < -0.4 is 0 Å². The molecule has 6 heteroatoms. The first kappa shape index (κ1) is 12.3. The first-order valence-electron chi connectivity index (χ1n) is 5.67. The molecule has 2 fully saturated rings. The van der Waals surface area contributed by atoms with Crippen molar-refractivity contribution >= 4 is 6.09 Å². The fourth-order valence-electron chi connectivity index (χ4n) is 2.12. The van der Waals surface area contributed by atoms with Crippen LogP contribution in [0.5, 0.6) is 0 Å². The molecule has 0 bridgehead atoms. The highest BCUT2D eigenvalue weighted by molar-refractivity contribution is 5.68. The summed E-state index contributed by atoms with van der Waals surface area (Å²) in [5, 5.41) is 9.90. The lowest BCUT2D eigenvalue weighted by Gasteiger charge is -2.40. The van der Waals surface area contributed by atoms with E-state index in [1.807, 2.05) is 0 Å². The molecule has 2 aliphatic rings. The summed E-state index contributed by atoms with van der Waals surface area (Å²) in [5.41, 5.74) is 0. The van der Waals surface area contributed by atoms with Crippen LogP contribution in [0, 0.1) is 0 Å². The molecule has 17 heavy (non-hydrogen) atoms. The molecule has 2 rings (SSSR count). The van der Waals surface area contributed by atoms with Crippen molar-refractivity contribution in [3.05, 3.63) is 12.7 Å². The monoisotopic (exact) mass is 243 g/mol. The van der Waals surface area contributed by atoms with Gasteiger partial charge < -0.3 is 19.3 Å². The fraction of sp³-hybridized carbons (Fsp3) is 0.727. The molecule has 96 valence electrons. The van der Waals surface area contributed by atoms with Gasteiger partial charge in [0.1, 0.15) is 12.8 Å². The maximum absolute atomic E-state index is 11.6. The predicted molar refractivity (Wildman–Crippen MR) is 58.1 cm³/mol. The van der Waals surface area contributed by atoms with Gasteiger partial charge in [-0.1, -0.05) is 12.7 Å². The molecule has 0 aromatic heterocycles. The summed E-state index contributed by atoms with van der Waals surface area (Å²) in [5.74, 6) is -0.714. The number of carbonyl (C=O) groups excluding carboxylic acids is 1. The van der Waals surface area contributed by atoms with Crippen LogP contribution >= 0.6 is 0 Å². The quantitative estimate of drug-likeness (QED) is 0.714. The van der Waals surface area contributed by atoms with Crippen molar-refractivity contribution in [2.24, 2.45) is 0 Å². The third-order valence-electron chi connectivity index (χ3n) is 2.96. The van der Waals surface area contributed by atoms with Crippen LogP contribution in [0.3, 0.4) is 0 Å². The molecule has 1 unspecified atom stereocenters. The number of amides is 1. The van der Waals surface area contributed by atoms with E-state index in [1.165, 1.54) is 11.0 Å². The number of ether oxygens (including phenoxy) is 3. The van der Waals surface area contributed by atoms with Crippen LogP contribution in [0.1, 0.15) is 12.8 Å². The van der Waals surface area contributed by atoms with Gasteiger partial charge in [0.2, 0.25) is 0 Å². The standard InChI is InChI=1S/C11H17NO5/c1-2-5-15-10(14)12-4-3-11(8-9(12)13)16-6-7-17-11/h2,9,13H,1,3-8H2. The number of piperidine rings is 1. The van der Waals surface area contributed by atoms with Crippen LogP contribution in [0.4, 0.5) is 4.79 Å². The van der Waals surface area contributed by atoms with E-state index in [-0.39, 0.29) is 13.0 Å². The minimum Gasteiger partial charge on any atom is -0.445 e. The molecular weight excluding hydrogens is 226 g/mol. The number of aliphatic hydroxyl groups is 1. The van der Waals surface area contributed by atoms with Gasteiger partial charge in [0.05, 0.1) is 13.2 Å². The van der Waals surface area contributed by atoms with E-state index in [2.05, 4.69) is 6.58 Å². The maximum atomic E-state index is 11.6. The molecule has 0 aromatic rings. The Balaban J connectivity index is 1.91. The third kappa shape index (κ3) is 2.59. The Morgan fingerprint density at radius 2 is 2.29 bits per heavy atom. The highest BCUT2D eigenvalue weighted by atomic mass is 16.7. The Morgan fingerprint density at radius 3 is 2.88 bits per heavy atom. The van der Waals surface area contributed by atoms with Crippen LogP contribution in [0.15, 0.2) is 12.7 Å². The first-order valence-corrected chi connectivity index (χ1v) is 5.67. The summed E-state index contributed by atoms with van der Waals surface area (Å²) in [7, 11) is 0. The Bertz CT molecular complexity index is 300. The lowest BCUT2D eigenvalue weighted by molar-refractivity contribution is -0.217. The molecule has 0 radical (unpaired) electrons. The van der Waals surface area contributed by atoms with Crippen LogP contribution in [-0.4, -0.2) is 54.5 Å². The van der Waals surface area contributed by atoms with E-state index in [0.29, 0.717) is 26.2 Å². The van der Waals surface area contributed by atoms with E-state index >= 15 is 0 Å². The van der Waals surface area contributed by atoms with Gasteiger partial charge in [-0.3, -0.25) is 4.90 Å². The van der Waals surface area contributed by atoms with Crippen molar-refractivity contribution in [2.75, 3.05) is 26.4 Å². The van der Waals surface area contributed by atoms with E-state index < -0.39 is 18.1 Å². The van der Waals surface area contributed by atoms with Gasteiger partial charge in [0.25, 0.3) is 0 Å². The normalized spacial score (nSPS) is 27.1. The van der Waals surface area contributed by atoms with Crippen LogP contribution in [0.25, 0.3) is 0 Å². The Kier molecular flexibility index (Phi) is 3.66. The zero-order chi connectivity index (χ0) is 12.3. The lowest BCUT2D eigenvalue weighted by atomic mass is 10.0. The fourth-order valence-corrected chi connectivity index (χ4v) is 2.12. The number of rotatable bonds is 2. The maximum Gasteiger partial charge on any atom is 0.412 e. The zero-order valence-corrected chi connectivity index (χ0v) is 9.63. The number of hydrogen-bond donors (Lipinski definition) is 1. The zero-order valence-electron chi connectivity index (χ0n) is 9.63. The Hall–Kier alpha value is -1.11. The van der Waals surface area contributed by atoms with Gasteiger partial charge in [-0.15, -0.1) is 0 Å². The van der Waals surface area contributed by atoms with Gasteiger partial charge in [0, 0.05) is 19.4 Å². The number of carbonyl (C=O) groups is 1. The molecule has 6 nitrogen and oxygen atoms in total. The van der Waals surface area contributed by atoms with Gasteiger partial charge in [0.15, 0.2) is 5.79 Å². The van der Waals surface area contributed by atoms with Gasteiger partial charge in [-0.05, 0) is 0 Å². The molecule has 0 aliphatic carbocycles. The lowest BCUT2D eigenvalue weighted by Crippen LogP contribution is -2.53. The topological polar surface area (TPSA) is 68.2 Å². The predicted octanol–water partition coefficient (Wildman–Crippen LogP) is 0.466. The highest BCUT2D eigenvalue weighted by Gasteiger charge is 2.45. The van der Waals surface area contributed by atoms with Gasteiger partial charge in [-0.25, -0.2) is 4.79 Å². The first-order chi connectivity index (χ1) is 8.17. The molecule has 2 saturated heterocycles. The summed E-state index contributed by atoms with van der Waals surface area (Å²) >= 11 is 0. The second-order valence-corrected chi connectivity index (χ2v) is 4.10. The molecule has 1 spiro atoms. The van der Waals surface area contributed by atoms with E-state index in [9.17, 15) is 9.90 Å². The minimum atomic E-state index is -0.931. The molecule has 0 aromatic carbocycles. The third-order valence-corrected chi connectivity index (χ3v) is 2.96. The summed E-state index contributed by atoms with van der Waals surface area (Å²) in [4.78, 5) is 12.9. The second-order valence-electron chi connectivity index (χ2n) is 4.10. The van der Waals surface area contributed by atoms with E-state index in [0.717, 1.165) is 0 Å². The second kappa shape index (κ2) is 5.03. The molecule has 1 amide bonds. The minimum absolute atomic E-state index is 0.139. The molecule has 0 saturated carbocycles. The molecule has 1 N–H and O–H groups in total.